The molecule has 84 valence electrons. The Morgan fingerprint density at radius 1 is 1.19 bits per heavy atom. The van der Waals surface area contributed by atoms with Crippen molar-refractivity contribution in [3.8, 4) is 0 Å². The highest BCUT2D eigenvalue weighted by Crippen LogP contribution is 2.08. The molecular formula is C11H14N4O. The largest absolute Gasteiger partial charge is 0.385 e. The van der Waals surface area contributed by atoms with E-state index in [4.69, 9.17) is 4.74 Å². The minimum Gasteiger partial charge on any atom is -0.385 e. The number of fused-ring (bicyclic) bond motifs is 1. The molecule has 0 bridgehead atoms. The molecule has 0 unspecified atom stereocenters. The molecule has 0 saturated carbocycles. The van der Waals surface area contributed by atoms with Crippen LogP contribution in [0.2, 0.25) is 0 Å². The quantitative estimate of drug-likeness (QED) is 0.770. The minimum absolute atomic E-state index is 0.565. The van der Waals surface area contributed by atoms with Crippen LogP contribution in [0.5, 0.6) is 0 Å². The Morgan fingerprint density at radius 3 is 2.81 bits per heavy atom. The van der Waals surface area contributed by atoms with Gasteiger partial charge in [0.1, 0.15) is 5.52 Å². The Hall–Kier alpha value is -1.75. The summed E-state index contributed by atoms with van der Waals surface area (Å²) in [6.45, 7) is 1.52. The van der Waals surface area contributed by atoms with Crippen molar-refractivity contribution in [1.29, 1.82) is 0 Å². The van der Waals surface area contributed by atoms with Crippen LogP contribution < -0.4 is 5.32 Å². The molecule has 0 saturated heterocycles. The lowest BCUT2D eigenvalue weighted by atomic mass is 10.3. The predicted octanol–water partition coefficient (Wildman–Crippen LogP) is 1.47. The normalized spacial score (nSPS) is 10.6. The highest BCUT2D eigenvalue weighted by molar-refractivity contribution is 5.73. The van der Waals surface area contributed by atoms with E-state index in [0.717, 1.165) is 30.6 Å². The van der Waals surface area contributed by atoms with Gasteiger partial charge in [-0.25, -0.2) is 4.98 Å². The van der Waals surface area contributed by atoms with Gasteiger partial charge in [0.25, 0.3) is 0 Å². The van der Waals surface area contributed by atoms with E-state index in [2.05, 4.69) is 20.5 Å². The molecule has 0 atom stereocenters. The molecule has 0 aliphatic carbocycles. The number of hydrogen-bond acceptors (Lipinski definition) is 5. The number of nitrogens with one attached hydrogen (secondary N) is 1. The van der Waals surface area contributed by atoms with Crippen LogP contribution in [0.1, 0.15) is 6.42 Å². The van der Waals surface area contributed by atoms with Crippen molar-refractivity contribution in [2.75, 3.05) is 25.6 Å². The SMILES string of the molecule is COCCCNc1nnc2ccccc2n1. The molecule has 5 nitrogen and oxygen atoms in total. The summed E-state index contributed by atoms with van der Waals surface area (Å²) >= 11 is 0. The van der Waals surface area contributed by atoms with Crippen molar-refractivity contribution in [2.45, 2.75) is 6.42 Å². The number of nitrogens with zero attached hydrogens (tertiary/aromatic N) is 3. The zero-order valence-corrected chi connectivity index (χ0v) is 9.18. The standard InChI is InChI=1S/C11H14N4O/c1-16-8-4-7-12-11-13-9-5-2-3-6-10(9)14-15-11/h2-3,5-6H,4,7-8H2,1H3,(H,12,13,15). The van der Waals surface area contributed by atoms with Crippen molar-refractivity contribution in [1.82, 2.24) is 15.2 Å². The smallest absolute Gasteiger partial charge is 0.243 e. The summed E-state index contributed by atoms with van der Waals surface area (Å²) in [5, 5.41) is 11.2. The van der Waals surface area contributed by atoms with E-state index < -0.39 is 0 Å². The van der Waals surface area contributed by atoms with Gasteiger partial charge in [-0.2, -0.15) is 0 Å². The Kier molecular flexibility index (Phi) is 3.61. The van der Waals surface area contributed by atoms with E-state index in [1.165, 1.54) is 0 Å². The molecule has 0 fully saturated rings. The van der Waals surface area contributed by atoms with E-state index in [0.29, 0.717) is 5.95 Å². The lowest BCUT2D eigenvalue weighted by molar-refractivity contribution is 0.197. The number of aromatic nitrogens is 3. The lowest BCUT2D eigenvalue weighted by Crippen LogP contribution is -2.08. The highest BCUT2D eigenvalue weighted by Gasteiger charge is 1.99. The molecule has 1 aromatic carbocycles. The van der Waals surface area contributed by atoms with Crippen LogP contribution in [-0.4, -0.2) is 35.4 Å². The molecule has 5 heteroatoms. The maximum atomic E-state index is 4.95. The van der Waals surface area contributed by atoms with Crippen LogP contribution in [-0.2, 0) is 4.74 Å². The summed E-state index contributed by atoms with van der Waals surface area (Å²) in [7, 11) is 1.69. The zero-order chi connectivity index (χ0) is 11.2. The molecule has 2 rings (SSSR count). The topological polar surface area (TPSA) is 59.9 Å². The van der Waals surface area contributed by atoms with E-state index >= 15 is 0 Å². The van der Waals surface area contributed by atoms with Crippen molar-refractivity contribution in [3.63, 3.8) is 0 Å². The average molecular weight is 218 g/mol. The summed E-state index contributed by atoms with van der Waals surface area (Å²) in [6.07, 6.45) is 0.923. The van der Waals surface area contributed by atoms with Gasteiger partial charge in [-0.05, 0) is 18.6 Å². The molecule has 0 aliphatic heterocycles. The van der Waals surface area contributed by atoms with Gasteiger partial charge in [0.05, 0.1) is 5.52 Å². The molecule has 16 heavy (non-hydrogen) atoms. The van der Waals surface area contributed by atoms with Gasteiger partial charge in [0.2, 0.25) is 5.95 Å². The van der Waals surface area contributed by atoms with E-state index in [9.17, 15) is 0 Å². The molecular weight excluding hydrogens is 204 g/mol. The zero-order valence-electron chi connectivity index (χ0n) is 9.18. The molecule has 1 N–H and O–H groups in total. The van der Waals surface area contributed by atoms with Crippen LogP contribution in [0.15, 0.2) is 24.3 Å². The third-order valence-corrected chi connectivity index (χ3v) is 2.17. The number of methoxy groups -OCH3 is 1. The summed E-state index contributed by atoms with van der Waals surface area (Å²) < 4.78 is 4.95. The van der Waals surface area contributed by atoms with Crippen molar-refractivity contribution < 1.29 is 4.74 Å². The van der Waals surface area contributed by atoms with Gasteiger partial charge in [-0.3, -0.25) is 0 Å². The van der Waals surface area contributed by atoms with Crippen molar-refractivity contribution in [2.24, 2.45) is 0 Å². The third kappa shape index (κ3) is 2.64. The molecule has 0 amide bonds. The lowest BCUT2D eigenvalue weighted by Gasteiger charge is -2.03. The number of hydrogen-bond donors (Lipinski definition) is 1. The maximum absolute atomic E-state index is 4.95. The Morgan fingerprint density at radius 2 is 2.00 bits per heavy atom. The molecule has 0 radical (unpaired) electrons. The van der Waals surface area contributed by atoms with Gasteiger partial charge in [0, 0.05) is 20.3 Å². The summed E-state index contributed by atoms with van der Waals surface area (Å²) in [6, 6.07) is 7.67. The number of para-hydroxylation sites is 1. The molecule has 2 aromatic rings. The fourth-order valence-corrected chi connectivity index (χ4v) is 1.37. The average Bonchev–Trinajstić information content (AvgIpc) is 2.34. The number of anilines is 1. The fraction of sp³-hybridized carbons (Fsp3) is 0.364. The molecule has 1 aromatic heterocycles. The summed E-state index contributed by atoms with van der Waals surface area (Å²) in [4.78, 5) is 4.35. The minimum atomic E-state index is 0.565. The van der Waals surface area contributed by atoms with Crippen molar-refractivity contribution >= 4 is 17.0 Å². The van der Waals surface area contributed by atoms with Gasteiger partial charge in [0.15, 0.2) is 0 Å². The third-order valence-electron chi connectivity index (χ3n) is 2.17. The number of ether oxygens (including phenoxy) is 1. The molecule has 1 heterocycles. The van der Waals surface area contributed by atoms with Crippen LogP contribution in [0.3, 0.4) is 0 Å². The summed E-state index contributed by atoms with van der Waals surface area (Å²) in [5.74, 6) is 0.565. The van der Waals surface area contributed by atoms with E-state index in [1.54, 1.807) is 7.11 Å². The first-order valence-corrected chi connectivity index (χ1v) is 5.22. The Balaban J connectivity index is 2.02. The van der Waals surface area contributed by atoms with Crippen LogP contribution in [0.4, 0.5) is 5.95 Å². The van der Waals surface area contributed by atoms with Gasteiger partial charge < -0.3 is 10.1 Å². The fourth-order valence-electron chi connectivity index (χ4n) is 1.37. The maximum Gasteiger partial charge on any atom is 0.243 e. The first kappa shape index (κ1) is 10.8. The van der Waals surface area contributed by atoms with Crippen molar-refractivity contribution in [3.05, 3.63) is 24.3 Å². The monoisotopic (exact) mass is 218 g/mol. The number of rotatable bonds is 5. The van der Waals surface area contributed by atoms with Crippen LogP contribution >= 0.6 is 0 Å². The molecule has 0 spiro atoms. The van der Waals surface area contributed by atoms with Gasteiger partial charge in [-0.15, -0.1) is 10.2 Å². The molecule has 0 aliphatic rings. The second-order valence-corrected chi connectivity index (χ2v) is 3.40. The predicted molar refractivity (Wildman–Crippen MR) is 62.3 cm³/mol. The van der Waals surface area contributed by atoms with E-state index in [-0.39, 0.29) is 0 Å². The van der Waals surface area contributed by atoms with Gasteiger partial charge >= 0.3 is 0 Å². The van der Waals surface area contributed by atoms with E-state index in [1.807, 2.05) is 24.3 Å². The second-order valence-electron chi connectivity index (χ2n) is 3.40. The first-order chi connectivity index (χ1) is 7.90. The Labute approximate surface area is 93.9 Å². The second kappa shape index (κ2) is 5.37. The summed E-state index contributed by atoms with van der Waals surface area (Å²) in [5.41, 5.74) is 1.66. The van der Waals surface area contributed by atoms with Crippen LogP contribution in [0, 0.1) is 0 Å². The first-order valence-electron chi connectivity index (χ1n) is 5.22. The Bertz CT molecular complexity index is 460. The van der Waals surface area contributed by atoms with Crippen LogP contribution in [0.25, 0.3) is 11.0 Å². The number of benzene rings is 1. The van der Waals surface area contributed by atoms with Gasteiger partial charge in [-0.1, -0.05) is 12.1 Å². The highest BCUT2D eigenvalue weighted by atomic mass is 16.5.